The summed E-state index contributed by atoms with van der Waals surface area (Å²) in [5.41, 5.74) is 1.81. The number of methoxy groups -OCH3 is 1. The van der Waals surface area contributed by atoms with Gasteiger partial charge in [0.15, 0.2) is 0 Å². The van der Waals surface area contributed by atoms with E-state index < -0.39 is 4.92 Å². The quantitative estimate of drug-likeness (QED) is 0.635. The Labute approximate surface area is 131 Å². The first kappa shape index (κ1) is 15.3. The molecule has 0 aromatic heterocycles. The van der Waals surface area contributed by atoms with Gasteiger partial charge in [0.25, 0.3) is 5.69 Å². The Morgan fingerprint density at radius 2 is 1.90 bits per heavy atom. The zero-order valence-electron chi connectivity index (χ0n) is 11.7. The van der Waals surface area contributed by atoms with E-state index in [-0.39, 0.29) is 11.7 Å². The van der Waals surface area contributed by atoms with Gasteiger partial charge in [-0.05, 0) is 46.6 Å². The molecular weight excluding hydrogens is 336 g/mol. The van der Waals surface area contributed by atoms with E-state index in [2.05, 4.69) is 21.2 Å². The number of nitrogens with one attached hydrogen (secondary N) is 1. The van der Waals surface area contributed by atoms with Gasteiger partial charge < -0.3 is 10.1 Å². The summed E-state index contributed by atoms with van der Waals surface area (Å²) in [4.78, 5) is 10.4. The number of halogens is 1. The lowest BCUT2D eigenvalue weighted by Crippen LogP contribution is -2.07. The van der Waals surface area contributed by atoms with Gasteiger partial charge in [-0.25, -0.2) is 0 Å². The monoisotopic (exact) mass is 350 g/mol. The lowest BCUT2D eigenvalue weighted by molar-refractivity contribution is -0.384. The molecule has 0 aliphatic heterocycles. The van der Waals surface area contributed by atoms with Crippen LogP contribution in [0.1, 0.15) is 18.5 Å². The van der Waals surface area contributed by atoms with Crippen molar-refractivity contribution in [3.8, 4) is 5.75 Å². The highest BCUT2D eigenvalue weighted by Crippen LogP contribution is 2.30. The molecule has 110 valence electrons. The number of ether oxygens (including phenoxy) is 1. The number of anilines is 1. The van der Waals surface area contributed by atoms with E-state index in [9.17, 15) is 10.1 Å². The van der Waals surface area contributed by atoms with Gasteiger partial charge in [0.1, 0.15) is 5.75 Å². The van der Waals surface area contributed by atoms with Crippen molar-refractivity contribution in [3.63, 3.8) is 0 Å². The zero-order valence-corrected chi connectivity index (χ0v) is 13.3. The van der Waals surface area contributed by atoms with E-state index in [4.69, 9.17) is 4.74 Å². The standard InChI is InChI=1S/C15H15BrN2O3/c1-10(11-3-6-13(21-2)7-4-11)17-15-9-12(18(19)20)5-8-14(15)16/h3-10,17H,1-2H3. The summed E-state index contributed by atoms with van der Waals surface area (Å²) < 4.78 is 5.91. The van der Waals surface area contributed by atoms with Crippen LogP contribution in [0.4, 0.5) is 11.4 Å². The number of non-ortho nitro benzene ring substituents is 1. The lowest BCUT2D eigenvalue weighted by Gasteiger charge is -2.17. The lowest BCUT2D eigenvalue weighted by atomic mass is 10.1. The van der Waals surface area contributed by atoms with E-state index in [1.54, 1.807) is 13.2 Å². The molecule has 0 heterocycles. The van der Waals surface area contributed by atoms with Gasteiger partial charge in [-0.15, -0.1) is 0 Å². The summed E-state index contributed by atoms with van der Waals surface area (Å²) in [5.74, 6) is 0.794. The van der Waals surface area contributed by atoms with Crippen LogP contribution in [0.25, 0.3) is 0 Å². The average molecular weight is 351 g/mol. The molecule has 0 saturated heterocycles. The van der Waals surface area contributed by atoms with Crippen molar-refractivity contribution in [2.75, 3.05) is 12.4 Å². The van der Waals surface area contributed by atoms with Gasteiger partial charge in [-0.2, -0.15) is 0 Å². The second kappa shape index (κ2) is 6.58. The van der Waals surface area contributed by atoms with Crippen LogP contribution in [0, 0.1) is 10.1 Å². The molecule has 2 aromatic carbocycles. The number of benzene rings is 2. The third-order valence-electron chi connectivity index (χ3n) is 3.15. The molecule has 0 radical (unpaired) electrons. The first-order valence-electron chi connectivity index (χ1n) is 6.35. The van der Waals surface area contributed by atoms with Gasteiger partial charge >= 0.3 is 0 Å². The molecule has 6 heteroatoms. The van der Waals surface area contributed by atoms with Crippen molar-refractivity contribution in [2.45, 2.75) is 13.0 Å². The zero-order chi connectivity index (χ0) is 15.4. The molecule has 2 aromatic rings. The molecule has 21 heavy (non-hydrogen) atoms. The van der Waals surface area contributed by atoms with Gasteiger partial charge in [0.05, 0.1) is 17.7 Å². The second-order valence-corrected chi connectivity index (χ2v) is 5.41. The van der Waals surface area contributed by atoms with Crippen molar-refractivity contribution in [3.05, 3.63) is 62.6 Å². The predicted molar refractivity (Wildman–Crippen MR) is 85.8 cm³/mol. The first-order valence-corrected chi connectivity index (χ1v) is 7.15. The Morgan fingerprint density at radius 1 is 1.24 bits per heavy atom. The highest BCUT2D eigenvalue weighted by Gasteiger charge is 2.12. The summed E-state index contributed by atoms with van der Waals surface area (Å²) in [6.07, 6.45) is 0. The van der Waals surface area contributed by atoms with Crippen LogP contribution in [-0.4, -0.2) is 12.0 Å². The number of hydrogen-bond acceptors (Lipinski definition) is 4. The Hall–Kier alpha value is -2.08. The van der Waals surface area contributed by atoms with E-state index in [0.717, 1.165) is 15.8 Å². The maximum atomic E-state index is 10.8. The molecule has 2 rings (SSSR count). The summed E-state index contributed by atoms with van der Waals surface area (Å²) >= 11 is 3.40. The van der Waals surface area contributed by atoms with E-state index in [1.807, 2.05) is 31.2 Å². The summed E-state index contributed by atoms with van der Waals surface area (Å²) in [6.45, 7) is 1.99. The van der Waals surface area contributed by atoms with E-state index in [0.29, 0.717) is 5.69 Å². The topological polar surface area (TPSA) is 64.4 Å². The SMILES string of the molecule is COc1ccc(C(C)Nc2cc([N+](=O)[O-])ccc2Br)cc1. The third-order valence-corrected chi connectivity index (χ3v) is 3.84. The minimum Gasteiger partial charge on any atom is -0.497 e. The number of nitro groups is 1. The fourth-order valence-electron chi connectivity index (χ4n) is 1.95. The number of nitrogens with zero attached hydrogens (tertiary/aromatic N) is 1. The number of nitro benzene ring substituents is 1. The Morgan fingerprint density at radius 3 is 2.48 bits per heavy atom. The molecular formula is C15H15BrN2O3. The molecule has 1 atom stereocenters. The van der Waals surface area contributed by atoms with Gasteiger partial charge in [0.2, 0.25) is 0 Å². The van der Waals surface area contributed by atoms with Crippen LogP contribution in [0.15, 0.2) is 46.9 Å². The molecule has 0 aliphatic carbocycles. The highest BCUT2D eigenvalue weighted by atomic mass is 79.9. The van der Waals surface area contributed by atoms with E-state index in [1.165, 1.54) is 12.1 Å². The highest BCUT2D eigenvalue weighted by molar-refractivity contribution is 9.10. The molecule has 0 aliphatic rings. The molecule has 1 unspecified atom stereocenters. The van der Waals surface area contributed by atoms with Crippen LogP contribution >= 0.6 is 15.9 Å². The molecule has 5 nitrogen and oxygen atoms in total. The predicted octanol–water partition coefficient (Wildman–Crippen LogP) is 4.54. The van der Waals surface area contributed by atoms with Crippen molar-refractivity contribution >= 4 is 27.3 Å². The minimum atomic E-state index is -0.407. The fourth-order valence-corrected chi connectivity index (χ4v) is 2.31. The van der Waals surface area contributed by atoms with Gasteiger partial charge in [-0.3, -0.25) is 10.1 Å². The summed E-state index contributed by atoms with van der Waals surface area (Å²) in [7, 11) is 1.62. The molecule has 0 spiro atoms. The summed E-state index contributed by atoms with van der Waals surface area (Å²) in [5, 5.41) is 14.1. The average Bonchev–Trinajstić information content (AvgIpc) is 2.49. The maximum Gasteiger partial charge on any atom is 0.271 e. The molecule has 0 saturated carbocycles. The Bertz CT molecular complexity index is 644. The molecule has 1 N–H and O–H groups in total. The number of rotatable bonds is 5. The van der Waals surface area contributed by atoms with Gasteiger partial charge in [0, 0.05) is 22.6 Å². The molecule has 0 bridgehead atoms. The largest absolute Gasteiger partial charge is 0.497 e. The van der Waals surface area contributed by atoms with Crippen molar-refractivity contribution in [1.82, 2.24) is 0 Å². The smallest absolute Gasteiger partial charge is 0.271 e. The van der Waals surface area contributed by atoms with Crippen molar-refractivity contribution in [1.29, 1.82) is 0 Å². The molecule has 0 fully saturated rings. The van der Waals surface area contributed by atoms with E-state index >= 15 is 0 Å². The van der Waals surface area contributed by atoms with Crippen LogP contribution < -0.4 is 10.1 Å². The number of hydrogen-bond donors (Lipinski definition) is 1. The Balaban J connectivity index is 2.19. The van der Waals surface area contributed by atoms with Crippen LogP contribution in [0.3, 0.4) is 0 Å². The Kier molecular flexibility index (Phi) is 4.80. The van der Waals surface area contributed by atoms with Crippen molar-refractivity contribution < 1.29 is 9.66 Å². The van der Waals surface area contributed by atoms with Crippen LogP contribution in [0.5, 0.6) is 5.75 Å². The first-order chi connectivity index (χ1) is 10.0. The minimum absolute atomic E-state index is 0.00853. The van der Waals surface area contributed by atoms with Gasteiger partial charge in [-0.1, -0.05) is 12.1 Å². The second-order valence-electron chi connectivity index (χ2n) is 4.56. The summed E-state index contributed by atoms with van der Waals surface area (Å²) in [6, 6.07) is 12.3. The molecule has 0 amide bonds. The maximum absolute atomic E-state index is 10.8. The third kappa shape index (κ3) is 3.72. The van der Waals surface area contributed by atoms with Crippen LogP contribution in [-0.2, 0) is 0 Å². The van der Waals surface area contributed by atoms with Crippen molar-refractivity contribution in [2.24, 2.45) is 0 Å². The fraction of sp³-hybridized carbons (Fsp3) is 0.200. The normalized spacial score (nSPS) is 11.8. The van der Waals surface area contributed by atoms with Crippen LogP contribution in [0.2, 0.25) is 0 Å².